The second-order valence-electron chi connectivity index (χ2n) is 7.24. The molecule has 3 amide bonds. The molecule has 1 aliphatic heterocycles. The van der Waals surface area contributed by atoms with Crippen molar-refractivity contribution in [3.05, 3.63) is 58.9 Å². The largest absolute Gasteiger partial charge is 0.454 e. The van der Waals surface area contributed by atoms with Crippen molar-refractivity contribution in [3.63, 3.8) is 0 Å². The van der Waals surface area contributed by atoms with Crippen LogP contribution in [0.2, 0.25) is 20.1 Å². The van der Waals surface area contributed by atoms with Gasteiger partial charge >= 0.3 is 5.97 Å². The molecule has 0 radical (unpaired) electrons. The highest BCUT2D eigenvalue weighted by atomic mass is 79.9. The van der Waals surface area contributed by atoms with Crippen LogP contribution in [-0.2, 0) is 14.3 Å². The molecule has 1 atom stereocenters. The van der Waals surface area contributed by atoms with Crippen LogP contribution in [-0.4, -0.2) is 41.2 Å². The van der Waals surface area contributed by atoms with Crippen LogP contribution in [0.4, 0.5) is 5.69 Å². The van der Waals surface area contributed by atoms with Crippen molar-refractivity contribution in [2.75, 3.05) is 11.9 Å². The van der Waals surface area contributed by atoms with Crippen molar-refractivity contribution >= 4 is 91.7 Å². The number of esters is 1. The van der Waals surface area contributed by atoms with Gasteiger partial charge in [0.25, 0.3) is 17.7 Å². The summed E-state index contributed by atoms with van der Waals surface area (Å²) in [5.41, 5.74) is 1.86. The van der Waals surface area contributed by atoms with Crippen LogP contribution < -0.4 is 5.32 Å². The molecule has 0 aliphatic carbocycles. The highest BCUT2D eigenvalue weighted by molar-refractivity contribution is 9.10. The zero-order valence-electron chi connectivity index (χ0n) is 17.3. The molecule has 0 saturated carbocycles. The van der Waals surface area contributed by atoms with E-state index in [1.165, 1.54) is 6.92 Å². The summed E-state index contributed by atoms with van der Waals surface area (Å²) < 4.78 is 5.93. The number of carbonyl (C=O) groups is 4. The molecule has 12 heteroatoms. The molecule has 7 nitrogen and oxygen atoms in total. The van der Waals surface area contributed by atoms with E-state index >= 15 is 0 Å². The Morgan fingerprint density at radius 1 is 0.970 bits per heavy atom. The van der Waals surface area contributed by atoms with E-state index in [1.807, 2.05) is 13.8 Å². The van der Waals surface area contributed by atoms with E-state index in [9.17, 15) is 19.2 Å². The topological polar surface area (TPSA) is 92.8 Å². The first-order valence-electron chi connectivity index (χ1n) is 9.33. The van der Waals surface area contributed by atoms with Gasteiger partial charge in [-0.2, -0.15) is 0 Å². The van der Waals surface area contributed by atoms with E-state index < -0.39 is 36.3 Å². The number of benzene rings is 2. The molecule has 2 aromatic carbocycles. The van der Waals surface area contributed by atoms with Crippen LogP contribution in [0.25, 0.3) is 0 Å². The third-order valence-corrected chi connectivity index (χ3v) is 7.98. The van der Waals surface area contributed by atoms with Gasteiger partial charge in [-0.05, 0) is 44.0 Å². The molecule has 0 fully saturated rings. The van der Waals surface area contributed by atoms with E-state index in [-0.39, 0.29) is 31.2 Å². The molecule has 1 heterocycles. The van der Waals surface area contributed by atoms with Crippen molar-refractivity contribution in [1.29, 1.82) is 0 Å². The maximum Gasteiger partial charge on any atom is 0.329 e. The second-order valence-corrected chi connectivity index (χ2v) is 9.55. The van der Waals surface area contributed by atoms with Gasteiger partial charge in [-0.3, -0.25) is 19.3 Å². The minimum atomic E-state index is -1.37. The molecule has 2 aromatic rings. The second kappa shape index (κ2) is 9.80. The summed E-state index contributed by atoms with van der Waals surface area (Å²) in [5, 5.41) is 1.76. The predicted octanol–water partition coefficient (Wildman–Crippen LogP) is 5.85. The number of aryl methyl sites for hydroxylation is 2. The van der Waals surface area contributed by atoms with Crippen molar-refractivity contribution in [3.8, 4) is 0 Å². The summed E-state index contributed by atoms with van der Waals surface area (Å²) in [6.45, 7) is 4.39. The molecule has 33 heavy (non-hydrogen) atoms. The average molecular weight is 597 g/mol. The summed E-state index contributed by atoms with van der Waals surface area (Å²) in [6.07, 6.45) is 0. The predicted molar refractivity (Wildman–Crippen MR) is 130 cm³/mol. The number of halogens is 5. The molecular formula is C21H15BrCl4N2O5. The minimum Gasteiger partial charge on any atom is -0.454 e. The number of hydrogen-bond acceptors (Lipinski definition) is 5. The van der Waals surface area contributed by atoms with Crippen LogP contribution in [0.1, 0.15) is 38.8 Å². The van der Waals surface area contributed by atoms with Gasteiger partial charge in [0.1, 0.15) is 6.04 Å². The quantitative estimate of drug-likeness (QED) is 0.202. The number of rotatable bonds is 5. The molecule has 0 saturated heterocycles. The lowest BCUT2D eigenvalue weighted by molar-refractivity contribution is -0.150. The van der Waals surface area contributed by atoms with Gasteiger partial charge < -0.3 is 10.1 Å². The number of anilines is 1. The summed E-state index contributed by atoms with van der Waals surface area (Å²) in [7, 11) is 0. The summed E-state index contributed by atoms with van der Waals surface area (Å²) in [6, 6.07) is 2.14. The Labute approximate surface area is 217 Å². The first-order valence-corrected chi connectivity index (χ1v) is 11.6. The zero-order chi connectivity index (χ0) is 24.8. The number of hydrogen-bond donors (Lipinski definition) is 1. The molecule has 0 unspecified atom stereocenters. The lowest BCUT2D eigenvalue weighted by atomic mass is 10.1. The smallest absolute Gasteiger partial charge is 0.329 e. The maximum absolute atomic E-state index is 12.8. The number of nitrogens with one attached hydrogen (secondary N) is 1. The first-order chi connectivity index (χ1) is 15.4. The highest BCUT2D eigenvalue weighted by Crippen LogP contribution is 2.45. The average Bonchev–Trinajstić information content (AvgIpc) is 3.02. The number of nitrogens with zero attached hydrogens (tertiary/aromatic N) is 1. The molecule has 0 spiro atoms. The summed E-state index contributed by atoms with van der Waals surface area (Å²) in [4.78, 5) is 51.0. The maximum atomic E-state index is 12.8. The molecular weight excluding hydrogens is 582 g/mol. The fourth-order valence-corrected chi connectivity index (χ4v) is 4.54. The van der Waals surface area contributed by atoms with Crippen molar-refractivity contribution in [2.24, 2.45) is 0 Å². The molecule has 174 valence electrons. The van der Waals surface area contributed by atoms with Crippen molar-refractivity contribution < 1.29 is 23.9 Å². The standard InChI is InChI=1S/C21H15BrCl4N2O5/c1-7-4-10(5-8(2)14(7)22)27-11(29)6-33-21(32)9(3)28-19(30)12-13(20(28)31)16(24)18(26)17(25)15(12)23/h4-5,9H,6H2,1-3H3,(H,27,29)/t9-/m1/s1. The first kappa shape index (κ1) is 25.8. The Kier molecular flexibility index (Phi) is 7.65. The van der Waals surface area contributed by atoms with Gasteiger partial charge in [-0.1, -0.05) is 62.3 Å². The SMILES string of the molecule is Cc1cc(NC(=O)COC(=O)[C@@H](C)N2C(=O)c3c(Cl)c(Cl)c(Cl)c(Cl)c3C2=O)cc(C)c1Br. The number of ether oxygens (including phenoxy) is 1. The number of amides is 3. The summed E-state index contributed by atoms with van der Waals surface area (Å²) in [5.74, 6) is -3.33. The van der Waals surface area contributed by atoms with E-state index in [2.05, 4.69) is 21.2 Å². The number of carbonyl (C=O) groups excluding carboxylic acids is 4. The van der Waals surface area contributed by atoms with Gasteiger partial charge in [0.05, 0.1) is 31.2 Å². The Balaban J connectivity index is 1.71. The molecule has 0 aromatic heterocycles. The van der Waals surface area contributed by atoms with Crippen LogP contribution in [0.15, 0.2) is 16.6 Å². The lowest BCUT2D eigenvalue weighted by Gasteiger charge is -2.20. The molecule has 1 N–H and O–H groups in total. The van der Waals surface area contributed by atoms with Gasteiger partial charge in [0.2, 0.25) is 0 Å². The van der Waals surface area contributed by atoms with Crippen LogP contribution >= 0.6 is 62.3 Å². The zero-order valence-corrected chi connectivity index (χ0v) is 21.9. The van der Waals surface area contributed by atoms with E-state index in [4.69, 9.17) is 51.1 Å². The fraction of sp³-hybridized carbons (Fsp3) is 0.238. The third kappa shape index (κ3) is 4.72. The summed E-state index contributed by atoms with van der Waals surface area (Å²) >= 11 is 27.6. The van der Waals surface area contributed by atoms with E-state index in [0.717, 1.165) is 15.6 Å². The Morgan fingerprint density at radius 3 is 1.88 bits per heavy atom. The highest BCUT2D eigenvalue weighted by Gasteiger charge is 2.45. The minimum absolute atomic E-state index is 0.185. The Bertz CT molecular complexity index is 1160. The number of fused-ring (bicyclic) bond motifs is 1. The van der Waals surface area contributed by atoms with E-state index in [1.54, 1.807) is 12.1 Å². The van der Waals surface area contributed by atoms with Crippen LogP contribution in [0.5, 0.6) is 0 Å². The van der Waals surface area contributed by atoms with Crippen LogP contribution in [0, 0.1) is 13.8 Å². The van der Waals surface area contributed by atoms with Crippen LogP contribution in [0.3, 0.4) is 0 Å². The normalized spacial score (nSPS) is 13.8. The third-order valence-electron chi connectivity index (χ3n) is 4.93. The molecule has 3 rings (SSSR count). The van der Waals surface area contributed by atoms with Crippen molar-refractivity contribution in [2.45, 2.75) is 26.8 Å². The van der Waals surface area contributed by atoms with E-state index in [0.29, 0.717) is 10.6 Å². The molecule has 1 aliphatic rings. The molecule has 0 bridgehead atoms. The monoisotopic (exact) mass is 594 g/mol. The van der Waals surface area contributed by atoms with Gasteiger partial charge in [-0.15, -0.1) is 0 Å². The Hall–Kier alpha value is -1.84. The Morgan fingerprint density at radius 2 is 1.42 bits per heavy atom. The fourth-order valence-electron chi connectivity index (χ4n) is 3.30. The van der Waals surface area contributed by atoms with Gasteiger partial charge in [0.15, 0.2) is 6.61 Å². The van der Waals surface area contributed by atoms with Crippen molar-refractivity contribution in [1.82, 2.24) is 4.90 Å². The number of imide groups is 1. The van der Waals surface area contributed by atoms with Gasteiger partial charge in [0, 0.05) is 10.2 Å². The lowest BCUT2D eigenvalue weighted by Crippen LogP contribution is -2.44. The van der Waals surface area contributed by atoms with Gasteiger partial charge in [-0.25, -0.2) is 4.79 Å².